The van der Waals surface area contributed by atoms with E-state index in [2.05, 4.69) is 25.2 Å². The van der Waals surface area contributed by atoms with Crippen LogP contribution >= 0.6 is 0 Å². The third-order valence-electron chi connectivity index (χ3n) is 5.26. The van der Waals surface area contributed by atoms with Gasteiger partial charge in [0.2, 0.25) is 10.0 Å². The molecule has 1 aliphatic rings. The van der Waals surface area contributed by atoms with E-state index in [1.807, 2.05) is 6.07 Å². The van der Waals surface area contributed by atoms with Gasteiger partial charge < -0.3 is 14.7 Å². The molecule has 4 rings (SSSR count). The average Bonchev–Trinajstić information content (AvgIpc) is 3.38. The van der Waals surface area contributed by atoms with Crippen molar-refractivity contribution in [3.05, 3.63) is 42.2 Å². The van der Waals surface area contributed by atoms with Crippen LogP contribution in [0.15, 0.2) is 40.1 Å². The van der Waals surface area contributed by atoms with Gasteiger partial charge in [-0.25, -0.2) is 13.1 Å². The first kappa shape index (κ1) is 20.6. The van der Waals surface area contributed by atoms with Crippen LogP contribution in [0.4, 0.5) is 0 Å². The molecule has 3 N–H and O–H groups in total. The second-order valence-corrected chi connectivity index (χ2v) is 9.08. The minimum Gasteiger partial charge on any atom is -0.390 e. The Balaban J connectivity index is 1.47. The lowest BCUT2D eigenvalue weighted by atomic mass is 10.1. The monoisotopic (exact) mass is 434 g/mol. The summed E-state index contributed by atoms with van der Waals surface area (Å²) < 4.78 is 34.4. The molecule has 0 saturated heterocycles. The van der Waals surface area contributed by atoms with Crippen LogP contribution < -0.4 is 4.72 Å². The maximum absolute atomic E-state index is 12.7. The quantitative estimate of drug-likeness (QED) is 0.487. The number of aliphatic hydroxyl groups excluding tert-OH is 2. The molecule has 1 aliphatic carbocycles. The second kappa shape index (κ2) is 7.87. The summed E-state index contributed by atoms with van der Waals surface area (Å²) in [5.74, 6) is -0.254. The zero-order valence-electron chi connectivity index (χ0n) is 16.4. The molecule has 3 aromatic rings. The highest BCUT2D eigenvalue weighted by Gasteiger charge is 2.44. The fourth-order valence-corrected chi connectivity index (χ4v) is 5.41. The Morgan fingerprint density at radius 3 is 2.77 bits per heavy atom. The summed E-state index contributed by atoms with van der Waals surface area (Å²) in [4.78, 5) is 4.00. The van der Waals surface area contributed by atoms with Crippen LogP contribution in [-0.4, -0.2) is 62.0 Å². The van der Waals surface area contributed by atoms with E-state index in [0.717, 1.165) is 5.56 Å². The lowest BCUT2D eigenvalue weighted by Gasteiger charge is -2.18. The maximum Gasteiger partial charge on any atom is 0.246 e. The lowest BCUT2D eigenvalue weighted by molar-refractivity contribution is 0.00972. The molecule has 30 heavy (non-hydrogen) atoms. The van der Waals surface area contributed by atoms with Gasteiger partial charge in [0.05, 0.1) is 24.4 Å². The van der Waals surface area contributed by atoms with Gasteiger partial charge in [-0.1, -0.05) is 10.4 Å². The molecule has 0 aliphatic heterocycles. The molecule has 0 aromatic carbocycles. The van der Waals surface area contributed by atoms with Crippen molar-refractivity contribution in [3.63, 3.8) is 0 Å². The molecule has 12 heteroatoms. The van der Waals surface area contributed by atoms with Gasteiger partial charge in [0.15, 0.2) is 5.76 Å². The number of hydrogen-bond acceptors (Lipinski definition) is 9. The summed E-state index contributed by atoms with van der Waals surface area (Å²) in [6, 6.07) is 2.79. The Hall–Kier alpha value is -2.67. The first-order valence-electron chi connectivity index (χ1n) is 9.38. The number of nitrogens with zero attached hydrogens (tertiary/aromatic N) is 5. The molecular formula is C18H22N6O5S. The molecule has 3 heterocycles. The topological polar surface area (TPSA) is 156 Å². The van der Waals surface area contributed by atoms with Gasteiger partial charge in [-0.2, -0.15) is 0 Å². The van der Waals surface area contributed by atoms with Crippen molar-refractivity contribution >= 4 is 10.0 Å². The van der Waals surface area contributed by atoms with Gasteiger partial charge in [0.25, 0.3) is 0 Å². The molecule has 160 valence electrons. The van der Waals surface area contributed by atoms with Crippen LogP contribution in [0.1, 0.15) is 17.9 Å². The fourth-order valence-electron chi connectivity index (χ4n) is 3.81. The molecule has 3 aromatic heterocycles. The molecule has 0 bridgehead atoms. The number of nitrogens with one attached hydrogen (secondary N) is 1. The predicted molar refractivity (Wildman–Crippen MR) is 103 cm³/mol. The number of aromatic nitrogens is 5. The summed E-state index contributed by atoms with van der Waals surface area (Å²) in [6.07, 6.45) is 2.90. The van der Waals surface area contributed by atoms with Gasteiger partial charge in [-0.05, 0) is 32.4 Å². The highest BCUT2D eigenvalue weighted by atomic mass is 32.2. The highest BCUT2D eigenvalue weighted by molar-refractivity contribution is 7.89. The maximum atomic E-state index is 12.7. The van der Waals surface area contributed by atoms with Gasteiger partial charge in [-0.15, -0.1) is 5.10 Å². The highest BCUT2D eigenvalue weighted by Crippen LogP contribution is 2.30. The van der Waals surface area contributed by atoms with Crippen LogP contribution in [0.5, 0.6) is 0 Å². The lowest BCUT2D eigenvalue weighted by Crippen LogP contribution is -2.43. The largest absolute Gasteiger partial charge is 0.390 e. The summed E-state index contributed by atoms with van der Waals surface area (Å²) in [6.45, 7) is 3.30. The van der Waals surface area contributed by atoms with Crippen molar-refractivity contribution in [2.45, 2.75) is 50.0 Å². The van der Waals surface area contributed by atoms with Crippen molar-refractivity contribution in [1.29, 1.82) is 0 Å². The molecule has 0 radical (unpaired) electrons. The van der Waals surface area contributed by atoms with Crippen molar-refractivity contribution in [2.24, 2.45) is 5.92 Å². The number of pyridine rings is 1. The van der Waals surface area contributed by atoms with Gasteiger partial charge in [0.1, 0.15) is 16.3 Å². The van der Waals surface area contributed by atoms with E-state index in [9.17, 15) is 18.6 Å². The summed E-state index contributed by atoms with van der Waals surface area (Å²) in [5.41, 5.74) is 1.67. The predicted octanol–water partition coefficient (Wildman–Crippen LogP) is 0.0337. The van der Waals surface area contributed by atoms with E-state index in [1.165, 1.54) is 13.8 Å². The molecule has 11 nitrogen and oxygen atoms in total. The first-order chi connectivity index (χ1) is 14.3. The van der Waals surface area contributed by atoms with Crippen LogP contribution in [0.2, 0.25) is 0 Å². The van der Waals surface area contributed by atoms with Crippen LogP contribution in [-0.2, 0) is 16.6 Å². The standard InChI is InChI=1S/C18H22N6O5S/c1-10-18(11(2)29-21-10)30(27,28)22-14-6-13(16(25)17(14)26)8-24-9-15(20-23-24)12-4-3-5-19-7-12/h3-5,7,9,13-14,16-17,22,25-26H,6,8H2,1-2H3. The number of sulfonamides is 1. The van der Waals surface area contributed by atoms with Crippen molar-refractivity contribution in [1.82, 2.24) is 29.9 Å². The summed E-state index contributed by atoms with van der Waals surface area (Å²) in [5, 5.41) is 32.7. The van der Waals surface area contributed by atoms with Crippen molar-refractivity contribution in [2.75, 3.05) is 0 Å². The Labute approximate surface area is 172 Å². The van der Waals surface area contributed by atoms with E-state index in [0.29, 0.717) is 5.69 Å². The second-order valence-electron chi connectivity index (χ2n) is 7.43. The van der Waals surface area contributed by atoms with E-state index in [4.69, 9.17) is 4.52 Å². The van der Waals surface area contributed by atoms with Crippen LogP contribution in [0.3, 0.4) is 0 Å². The number of rotatable bonds is 6. The number of hydrogen-bond donors (Lipinski definition) is 3. The Morgan fingerprint density at radius 2 is 2.10 bits per heavy atom. The van der Waals surface area contributed by atoms with Crippen LogP contribution in [0.25, 0.3) is 11.3 Å². The van der Waals surface area contributed by atoms with Crippen LogP contribution in [0, 0.1) is 19.8 Å². The molecule has 0 amide bonds. The Kier molecular flexibility index (Phi) is 5.40. The minimum absolute atomic E-state index is 0.0509. The smallest absolute Gasteiger partial charge is 0.246 e. The molecule has 1 fully saturated rings. The fraction of sp³-hybridized carbons (Fsp3) is 0.444. The van der Waals surface area contributed by atoms with E-state index in [1.54, 1.807) is 29.3 Å². The third kappa shape index (κ3) is 3.86. The van der Waals surface area contributed by atoms with E-state index < -0.39 is 34.2 Å². The number of aliphatic hydroxyl groups is 2. The minimum atomic E-state index is -3.97. The summed E-state index contributed by atoms with van der Waals surface area (Å²) >= 11 is 0. The Morgan fingerprint density at radius 1 is 1.30 bits per heavy atom. The zero-order chi connectivity index (χ0) is 21.5. The SMILES string of the molecule is Cc1noc(C)c1S(=O)(=O)NC1CC(Cn2cc(-c3cccnc3)nn2)C(O)C1O. The molecule has 0 spiro atoms. The number of aryl methyl sites for hydroxylation is 2. The first-order valence-corrected chi connectivity index (χ1v) is 10.9. The summed E-state index contributed by atoms with van der Waals surface area (Å²) in [7, 11) is -3.97. The van der Waals surface area contributed by atoms with E-state index in [-0.39, 0.29) is 29.3 Å². The van der Waals surface area contributed by atoms with E-state index >= 15 is 0 Å². The normalized spacial score (nSPS) is 24.4. The zero-order valence-corrected chi connectivity index (χ0v) is 17.2. The van der Waals surface area contributed by atoms with Gasteiger partial charge >= 0.3 is 0 Å². The molecule has 4 atom stereocenters. The van der Waals surface area contributed by atoms with Gasteiger partial charge in [-0.3, -0.25) is 9.67 Å². The molecular weight excluding hydrogens is 412 g/mol. The Bertz CT molecular complexity index is 1110. The average molecular weight is 434 g/mol. The third-order valence-corrected chi connectivity index (χ3v) is 7.00. The molecule has 1 saturated carbocycles. The van der Waals surface area contributed by atoms with Crippen molar-refractivity contribution < 1.29 is 23.2 Å². The van der Waals surface area contributed by atoms with Crippen molar-refractivity contribution in [3.8, 4) is 11.3 Å². The van der Waals surface area contributed by atoms with Gasteiger partial charge in [0, 0.05) is 30.4 Å². The molecule has 4 unspecified atom stereocenters.